The van der Waals surface area contributed by atoms with Crippen molar-refractivity contribution in [2.75, 3.05) is 26.0 Å². The zero-order valence-corrected chi connectivity index (χ0v) is 19.3. The summed E-state index contributed by atoms with van der Waals surface area (Å²) in [6.45, 7) is 7.38. The van der Waals surface area contributed by atoms with Gasteiger partial charge in [-0.3, -0.25) is 0 Å². The smallest absolute Gasteiger partial charge is 0.410 e. The minimum atomic E-state index is -0.541. The van der Waals surface area contributed by atoms with Crippen molar-refractivity contribution in [3.8, 4) is 11.4 Å². The fraction of sp³-hybridized carbons (Fsp3) is 0.591. The van der Waals surface area contributed by atoms with Gasteiger partial charge in [-0.15, -0.1) is 11.8 Å². The molecule has 172 valence electrons. The van der Waals surface area contributed by atoms with Crippen LogP contribution in [0.5, 0.6) is 0 Å². The Morgan fingerprint density at radius 3 is 2.84 bits per heavy atom. The highest BCUT2D eigenvalue weighted by atomic mass is 32.2. The second kappa shape index (κ2) is 7.71. The van der Waals surface area contributed by atoms with Crippen LogP contribution in [0.15, 0.2) is 27.6 Å². The van der Waals surface area contributed by atoms with Gasteiger partial charge in [-0.25, -0.2) is 9.18 Å². The molecule has 4 atom stereocenters. The second-order valence-electron chi connectivity index (χ2n) is 9.48. The number of carbonyl (C=O) groups is 1. The largest absolute Gasteiger partial charge is 0.444 e. The van der Waals surface area contributed by atoms with Gasteiger partial charge in [-0.1, -0.05) is 5.16 Å². The van der Waals surface area contributed by atoms with Gasteiger partial charge in [0.1, 0.15) is 23.6 Å². The number of carbonyl (C=O) groups excluding carboxylic acids is 1. The number of hydrogen-bond donors (Lipinski definition) is 0. The van der Waals surface area contributed by atoms with Crippen LogP contribution in [0.25, 0.3) is 11.4 Å². The van der Waals surface area contributed by atoms with Gasteiger partial charge in [0.15, 0.2) is 0 Å². The Labute approximate surface area is 189 Å². The van der Waals surface area contributed by atoms with Crippen molar-refractivity contribution in [3.05, 3.63) is 29.9 Å². The summed E-state index contributed by atoms with van der Waals surface area (Å²) in [6.07, 6.45) is 1.45. The van der Waals surface area contributed by atoms with E-state index >= 15 is 0 Å². The van der Waals surface area contributed by atoms with E-state index in [9.17, 15) is 9.18 Å². The molecule has 10 heteroatoms. The Bertz CT molecular complexity index is 1040. The summed E-state index contributed by atoms with van der Waals surface area (Å²) in [4.78, 5) is 19.1. The summed E-state index contributed by atoms with van der Waals surface area (Å²) in [5.41, 5.74) is -0.312. The molecule has 3 heterocycles. The molecule has 2 aliphatic heterocycles. The molecule has 0 radical (unpaired) electrons. The van der Waals surface area contributed by atoms with Gasteiger partial charge in [0.05, 0.1) is 19.3 Å². The van der Waals surface area contributed by atoms with Crippen molar-refractivity contribution in [3.63, 3.8) is 0 Å². The molecule has 1 amide bonds. The number of aromatic nitrogens is 2. The quantitative estimate of drug-likeness (QED) is 0.620. The van der Waals surface area contributed by atoms with Crippen LogP contribution < -0.4 is 0 Å². The van der Waals surface area contributed by atoms with Crippen molar-refractivity contribution >= 4 is 17.9 Å². The van der Waals surface area contributed by atoms with Gasteiger partial charge < -0.3 is 23.6 Å². The highest BCUT2D eigenvalue weighted by Crippen LogP contribution is 2.59. The molecule has 32 heavy (non-hydrogen) atoms. The molecular weight excluding hydrogens is 437 g/mol. The van der Waals surface area contributed by atoms with Crippen LogP contribution in [-0.2, 0) is 20.8 Å². The number of thioether (sulfide) groups is 1. The first-order chi connectivity index (χ1) is 15.2. The minimum Gasteiger partial charge on any atom is -0.444 e. The zero-order valence-electron chi connectivity index (χ0n) is 18.5. The number of amides is 1. The topological polar surface area (TPSA) is 86.9 Å². The Kier molecular flexibility index (Phi) is 5.22. The van der Waals surface area contributed by atoms with Crippen LogP contribution in [0.3, 0.4) is 0 Å². The van der Waals surface area contributed by atoms with E-state index in [1.54, 1.807) is 17.0 Å². The number of hydrogen-bond acceptors (Lipinski definition) is 8. The van der Waals surface area contributed by atoms with E-state index < -0.39 is 5.60 Å². The first kappa shape index (κ1) is 21.7. The summed E-state index contributed by atoms with van der Waals surface area (Å²) in [6, 6.07) is 4.86. The molecule has 0 N–H and O–H groups in total. The Morgan fingerprint density at radius 2 is 2.19 bits per heavy atom. The molecule has 5 rings (SSSR count). The van der Waals surface area contributed by atoms with E-state index in [0.717, 1.165) is 0 Å². The third-order valence-electron chi connectivity index (χ3n) is 6.36. The van der Waals surface area contributed by atoms with Gasteiger partial charge in [-0.2, -0.15) is 4.98 Å². The number of nitrogens with zero attached hydrogens (tertiary/aromatic N) is 3. The molecule has 3 aliphatic rings. The molecule has 0 bridgehead atoms. The molecule has 1 aliphatic carbocycles. The van der Waals surface area contributed by atoms with Crippen molar-refractivity contribution in [2.24, 2.45) is 11.8 Å². The molecule has 1 aromatic heterocycles. The predicted molar refractivity (Wildman–Crippen MR) is 114 cm³/mol. The van der Waals surface area contributed by atoms with Crippen LogP contribution in [-0.4, -0.2) is 64.4 Å². The van der Waals surface area contributed by atoms with Crippen LogP contribution in [0, 0.1) is 17.7 Å². The maximum absolute atomic E-state index is 14.1. The van der Waals surface area contributed by atoms with Gasteiger partial charge >= 0.3 is 6.09 Å². The highest BCUT2D eigenvalue weighted by Gasteiger charge is 2.73. The van der Waals surface area contributed by atoms with E-state index in [0.29, 0.717) is 41.9 Å². The molecule has 3 fully saturated rings. The normalized spacial score (nSPS) is 28.5. The molecular formula is C22H26FN3O5S. The van der Waals surface area contributed by atoms with E-state index in [2.05, 4.69) is 10.1 Å². The lowest BCUT2D eigenvalue weighted by Gasteiger charge is -2.63. The van der Waals surface area contributed by atoms with Crippen molar-refractivity contribution in [1.82, 2.24) is 15.0 Å². The summed E-state index contributed by atoms with van der Waals surface area (Å²) >= 11 is 1.34. The summed E-state index contributed by atoms with van der Waals surface area (Å²) in [5.74, 6) is 0.653. The number of halogens is 1. The molecule has 2 saturated heterocycles. The standard InChI is InChI=1S/C22H26FN3O5S/c1-21(2,3)30-20(27)26-8-13-18(14-9-29-22(13,14)11-26)28-10-17-24-19(25-31-17)12-5-6-16(32-4)15(23)7-12/h5-7,13-14,18H,8-11H2,1-4H3. The molecule has 1 aromatic carbocycles. The molecule has 1 spiro atoms. The first-order valence-electron chi connectivity index (χ1n) is 10.6. The lowest BCUT2D eigenvalue weighted by atomic mass is 9.57. The van der Waals surface area contributed by atoms with Gasteiger partial charge in [-0.05, 0) is 45.2 Å². The van der Waals surface area contributed by atoms with Crippen molar-refractivity contribution < 1.29 is 27.9 Å². The number of likely N-dealkylation sites (tertiary alicyclic amines) is 1. The Hall–Kier alpha value is -2.17. The third kappa shape index (κ3) is 3.58. The first-order valence-corrected chi connectivity index (χ1v) is 11.8. The lowest BCUT2D eigenvalue weighted by Crippen LogP contribution is -2.76. The van der Waals surface area contributed by atoms with E-state index in [1.807, 2.05) is 27.0 Å². The molecule has 8 nitrogen and oxygen atoms in total. The molecule has 1 saturated carbocycles. The fourth-order valence-corrected chi connectivity index (χ4v) is 5.29. The SMILES string of the molecule is CSc1ccc(-c2noc(COC3C4COC45CN(C(=O)OC(C)(C)C)CC35)n2)cc1F. The lowest BCUT2D eigenvalue weighted by molar-refractivity contribution is -0.341. The van der Waals surface area contributed by atoms with Gasteiger partial charge in [0.25, 0.3) is 5.89 Å². The molecule has 4 unspecified atom stereocenters. The van der Waals surface area contributed by atoms with Crippen molar-refractivity contribution in [1.29, 1.82) is 0 Å². The highest BCUT2D eigenvalue weighted by molar-refractivity contribution is 7.98. The molecule has 2 aromatic rings. The van der Waals surface area contributed by atoms with Crippen LogP contribution in [0.1, 0.15) is 26.7 Å². The summed E-state index contributed by atoms with van der Waals surface area (Å²) in [5, 5.41) is 3.95. The predicted octanol–water partition coefficient (Wildman–Crippen LogP) is 3.75. The monoisotopic (exact) mass is 463 g/mol. The average Bonchev–Trinajstić information content (AvgIpc) is 3.34. The zero-order chi connectivity index (χ0) is 22.7. The minimum absolute atomic E-state index is 0.0511. The van der Waals surface area contributed by atoms with E-state index in [1.165, 1.54) is 17.8 Å². The van der Waals surface area contributed by atoms with Crippen LogP contribution in [0.4, 0.5) is 9.18 Å². The average molecular weight is 464 g/mol. The van der Waals surface area contributed by atoms with Gasteiger partial charge in [0, 0.05) is 28.8 Å². The van der Waals surface area contributed by atoms with Crippen molar-refractivity contribution in [2.45, 2.75) is 49.6 Å². The summed E-state index contributed by atoms with van der Waals surface area (Å²) < 4.78 is 36.9. The Morgan fingerprint density at radius 1 is 1.38 bits per heavy atom. The third-order valence-corrected chi connectivity index (χ3v) is 7.14. The Balaban J connectivity index is 1.21. The van der Waals surface area contributed by atoms with Gasteiger partial charge in [0.2, 0.25) is 5.82 Å². The van der Waals surface area contributed by atoms with Crippen LogP contribution >= 0.6 is 11.8 Å². The second-order valence-corrected chi connectivity index (χ2v) is 10.3. The summed E-state index contributed by atoms with van der Waals surface area (Å²) in [7, 11) is 0. The van der Waals surface area contributed by atoms with E-state index in [-0.39, 0.29) is 42.1 Å². The number of rotatable bonds is 5. The maximum Gasteiger partial charge on any atom is 0.410 e. The fourth-order valence-electron chi connectivity index (χ4n) is 4.83. The number of ether oxygens (including phenoxy) is 3. The van der Waals surface area contributed by atoms with E-state index in [4.69, 9.17) is 18.7 Å². The number of benzene rings is 1. The van der Waals surface area contributed by atoms with Crippen LogP contribution in [0.2, 0.25) is 0 Å². The maximum atomic E-state index is 14.1.